The number of aromatic nitrogens is 2. The molecule has 1 aromatic carbocycles. The molecule has 1 aliphatic heterocycles. The Morgan fingerprint density at radius 1 is 1.19 bits per heavy atom. The van der Waals surface area contributed by atoms with Gasteiger partial charge in [-0.1, -0.05) is 0 Å². The number of likely N-dealkylation sites (tertiary alicyclic amines) is 1. The lowest BCUT2D eigenvalue weighted by molar-refractivity contribution is -0.132. The number of aryl methyl sites for hydroxylation is 1. The normalized spacial score (nSPS) is 14.7. The van der Waals surface area contributed by atoms with Gasteiger partial charge in [-0.25, -0.2) is 4.98 Å². The van der Waals surface area contributed by atoms with Crippen molar-refractivity contribution in [1.29, 1.82) is 0 Å². The molecule has 0 bridgehead atoms. The molecule has 2 aromatic heterocycles. The number of hydrogen-bond acceptors (Lipinski definition) is 4. The van der Waals surface area contributed by atoms with Crippen LogP contribution in [-0.2, 0) is 11.2 Å². The van der Waals surface area contributed by atoms with Crippen LogP contribution >= 0.6 is 11.3 Å². The zero-order valence-corrected chi connectivity index (χ0v) is 15.8. The highest BCUT2D eigenvalue weighted by molar-refractivity contribution is 7.15. The van der Waals surface area contributed by atoms with Crippen LogP contribution in [0.5, 0.6) is 5.75 Å². The molecule has 136 valence electrons. The maximum absolute atomic E-state index is 12.4. The molecule has 1 fully saturated rings. The molecule has 3 heterocycles. The molecule has 1 saturated heterocycles. The van der Waals surface area contributed by atoms with Gasteiger partial charge >= 0.3 is 0 Å². The van der Waals surface area contributed by atoms with Gasteiger partial charge in [-0.05, 0) is 49.9 Å². The van der Waals surface area contributed by atoms with Gasteiger partial charge in [0.05, 0.1) is 12.8 Å². The Kier molecular flexibility index (Phi) is 4.93. The number of carbonyl (C=O) groups excluding carboxylic acids is 1. The van der Waals surface area contributed by atoms with Gasteiger partial charge in [0.15, 0.2) is 4.96 Å². The van der Waals surface area contributed by atoms with Crippen LogP contribution in [0.3, 0.4) is 0 Å². The van der Waals surface area contributed by atoms with Crippen molar-refractivity contribution in [3.8, 4) is 17.0 Å². The molecule has 0 aliphatic carbocycles. The Labute approximate surface area is 157 Å². The van der Waals surface area contributed by atoms with Crippen LogP contribution < -0.4 is 4.74 Å². The maximum Gasteiger partial charge on any atom is 0.222 e. The molecule has 0 spiro atoms. The van der Waals surface area contributed by atoms with Crippen LogP contribution in [0, 0.1) is 0 Å². The van der Waals surface area contributed by atoms with E-state index in [1.807, 2.05) is 29.2 Å². The number of hydrogen-bond donors (Lipinski definition) is 0. The minimum atomic E-state index is 0.277. The van der Waals surface area contributed by atoms with Gasteiger partial charge in [-0.2, -0.15) is 0 Å². The average molecular weight is 369 g/mol. The predicted molar refractivity (Wildman–Crippen MR) is 104 cm³/mol. The van der Waals surface area contributed by atoms with E-state index < -0.39 is 0 Å². The summed E-state index contributed by atoms with van der Waals surface area (Å²) in [5.41, 5.74) is 3.17. The van der Waals surface area contributed by atoms with Crippen LogP contribution in [0.2, 0.25) is 0 Å². The fraction of sp³-hybridized carbons (Fsp3) is 0.400. The highest BCUT2D eigenvalue weighted by Gasteiger charge is 2.17. The molecule has 0 N–H and O–H groups in total. The first-order chi connectivity index (χ1) is 12.7. The molecule has 0 unspecified atom stereocenters. The van der Waals surface area contributed by atoms with Gasteiger partial charge in [0.25, 0.3) is 0 Å². The van der Waals surface area contributed by atoms with E-state index in [0.29, 0.717) is 6.42 Å². The van der Waals surface area contributed by atoms with E-state index in [1.54, 1.807) is 18.4 Å². The first-order valence-corrected chi connectivity index (χ1v) is 10.0. The minimum Gasteiger partial charge on any atom is -0.497 e. The van der Waals surface area contributed by atoms with Crippen molar-refractivity contribution < 1.29 is 9.53 Å². The topological polar surface area (TPSA) is 46.8 Å². The lowest BCUT2D eigenvalue weighted by atomic mass is 10.1. The number of carbonyl (C=O) groups is 1. The number of imidazole rings is 1. The van der Waals surface area contributed by atoms with Crippen molar-refractivity contribution in [1.82, 2.24) is 14.3 Å². The molecule has 5 nitrogen and oxygen atoms in total. The van der Waals surface area contributed by atoms with Crippen molar-refractivity contribution in [2.24, 2.45) is 0 Å². The Morgan fingerprint density at radius 2 is 1.96 bits per heavy atom. The van der Waals surface area contributed by atoms with Crippen LogP contribution in [0.15, 0.2) is 35.8 Å². The second-order valence-corrected chi connectivity index (χ2v) is 7.51. The van der Waals surface area contributed by atoms with Gasteiger partial charge in [0.1, 0.15) is 5.75 Å². The van der Waals surface area contributed by atoms with Crippen LogP contribution in [0.1, 0.15) is 31.4 Å². The third kappa shape index (κ3) is 3.46. The zero-order chi connectivity index (χ0) is 17.9. The molecular weight excluding hydrogens is 346 g/mol. The van der Waals surface area contributed by atoms with E-state index in [9.17, 15) is 4.79 Å². The average Bonchev–Trinajstić information content (AvgIpc) is 3.28. The summed E-state index contributed by atoms with van der Waals surface area (Å²) in [5, 5.41) is 2.11. The fourth-order valence-corrected chi connectivity index (χ4v) is 4.35. The number of ether oxygens (including phenoxy) is 1. The second kappa shape index (κ2) is 7.50. The van der Waals surface area contributed by atoms with Crippen molar-refractivity contribution in [2.45, 2.75) is 32.1 Å². The van der Waals surface area contributed by atoms with E-state index in [2.05, 4.69) is 16.0 Å². The number of amides is 1. The van der Waals surface area contributed by atoms with Crippen LogP contribution in [0.4, 0.5) is 0 Å². The van der Waals surface area contributed by atoms with Crippen molar-refractivity contribution in [2.75, 3.05) is 20.2 Å². The molecular formula is C20H23N3O2S. The number of piperidine rings is 1. The van der Waals surface area contributed by atoms with Crippen molar-refractivity contribution in [3.63, 3.8) is 0 Å². The molecule has 0 saturated carbocycles. The predicted octanol–water partition coefficient (Wildman–Crippen LogP) is 4.02. The minimum absolute atomic E-state index is 0.277. The monoisotopic (exact) mass is 369 g/mol. The lowest BCUT2D eigenvalue weighted by Gasteiger charge is -2.26. The van der Waals surface area contributed by atoms with Gasteiger partial charge < -0.3 is 9.64 Å². The summed E-state index contributed by atoms with van der Waals surface area (Å²) in [6.45, 7) is 1.84. The first kappa shape index (κ1) is 17.1. The second-order valence-electron chi connectivity index (χ2n) is 6.68. The highest BCUT2D eigenvalue weighted by atomic mass is 32.1. The first-order valence-electron chi connectivity index (χ1n) is 9.12. The molecule has 26 heavy (non-hydrogen) atoms. The number of thiazole rings is 1. The number of benzene rings is 1. The third-order valence-corrected chi connectivity index (χ3v) is 5.86. The quantitative estimate of drug-likeness (QED) is 0.682. The molecule has 0 radical (unpaired) electrons. The molecule has 4 rings (SSSR count). The van der Waals surface area contributed by atoms with E-state index in [-0.39, 0.29) is 5.91 Å². The SMILES string of the molecule is COc1ccc(-c2cn3c(CCC(=O)N4CCCCC4)csc3n2)cc1. The van der Waals surface area contributed by atoms with Crippen molar-refractivity contribution >= 4 is 22.2 Å². The number of rotatable bonds is 5. The summed E-state index contributed by atoms with van der Waals surface area (Å²) < 4.78 is 7.33. The van der Waals surface area contributed by atoms with E-state index in [0.717, 1.165) is 60.0 Å². The zero-order valence-electron chi connectivity index (χ0n) is 15.0. The van der Waals surface area contributed by atoms with Crippen LogP contribution in [-0.4, -0.2) is 40.4 Å². The highest BCUT2D eigenvalue weighted by Crippen LogP contribution is 2.26. The van der Waals surface area contributed by atoms with Gasteiger partial charge in [-0.15, -0.1) is 11.3 Å². The summed E-state index contributed by atoms with van der Waals surface area (Å²) in [7, 11) is 1.67. The summed E-state index contributed by atoms with van der Waals surface area (Å²) in [5.74, 6) is 1.12. The van der Waals surface area contributed by atoms with E-state index in [1.165, 1.54) is 6.42 Å². The Hall–Kier alpha value is -2.34. The summed E-state index contributed by atoms with van der Waals surface area (Å²) >= 11 is 1.63. The third-order valence-electron chi connectivity index (χ3n) is 4.97. The lowest BCUT2D eigenvalue weighted by Crippen LogP contribution is -2.35. The molecule has 1 amide bonds. The number of fused-ring (bicyclic) bond motifs is 1. The van der Waals surface area contributed by atoms with Gasteiger partial charge in [0, 0.05) is 42.3 Å². The van der Waals surface area contributed by atoms with Crippen molar-refractivity contribution in [3.05, 3.63) is 41.5 Å². The van der Waals surface area contributed by atoms with Crippen LogP contribution in [0.25, 0.3) is 16.2 Å². The Morgan fingerprint density at radius 3 is 2.69 bits per heavy atom. The molecule has 0 atom stereocenters. The van der Waals surface area contributed by atoms with E-state index >= 15 is 0 Å². The van der Waals surface area contributed by atoms with E-state index in [4.69, 9.17) is 9.72 Å². The van der Waals surface area contributed by atoms with Gasteiger partial charge in [0.2, 0.25) is 5.91 Å². The smallest absolute Gasteiger partial charge is 0.222 e. The Balaban J connectivity index is 1.47. The molecule has 3 aromatic rings. The summed E-state index contributed by atoms with van der Waals surface area (Å²) in [4.78, 5) is 20.1. The largest absolute Gasteiger partial charge is 0.497 e. The fourth-order valence-electron chi connectivity index (χ4n) is 3.45. The summed E-state index contributed by atoms with van der Waals surface area (Å²) in [6, 6.07) is 7.93. The maximum atomic E-state index is 12.4. The van der Waals surface area contributed by atoms with Gasteiger partial charge in [-0.3, -0.25) is 9.20 Å². The molecule has 1 aliphatic rings. The molecule has 6 heteroatoms. The Bertz CT molecular complexity index is 892. The number of nitrogens with zero attached hydrogens (tertiary/aromatic N) is 3. The number of methoxy groups -OCH3 is 1. The standard InChI is InChI=1S/C20H23N3O2S/c1-25-17-8-5-15(6-9-17)18-13-23-16(14-26-20(23)21-18)7-10-19(24)22-11-3-2-4-12-22/h5-6,8-9,13-14H,2-4,7,10-12H2,1H3. The summed E-state index contributed by atoms with van der Waals surface area (Å²) in [6.07, 6.45) is 6.92.